The highest BCUT2D eigenvalue weighted by atomic mass is 15.5. The average Bonchev–Trinajstić information content (AvgIpc) is 3.21. The summed E-state index contributed by atoms with van der Waals surface area (Å²) in [5.74, 6) is 1.90. The quantitative estimate of drug-likeness (QED) is 0.288. The van der Waals surface area contributed by atoms with Gasteiger partial charge in [-0.2, -0.15) is 0 Å². The fourth-order valence-electron chi connectivity index (χ4n) is 6.88. The van der Waals surface area contributed by atoms with E-state index in [-0.39, 0.29) is 11.6 Å². The van der Waals surface area contributed by atoms with E-state index in [0.717, 1.165) is 30.9 Å². The number of rotatable bonds is 4. The normalized spacial score (nSPS) is 17.4. The Balaban J connectivity index is 1.58. The second-order valence-corrected chi connectivity index (χ2v) is 11.0. The molecule has 4 aromatic rings. The maximum Gasteiger partial charge on any atom is 0.178 e. The highest BCUT2D eigenvalue weighted by molar-refractivity contribution is 5.87. The Morgan fingerprint density at radius 2 is 1.41 bits per heavy atom. The minimum Gasteiger partial charge on any atom is -0.302 e. The van der Waals surface area contributed by atoms with Crippen molar-refractivity contribution in [3.63, 3.8) is 0 Å². The molecule has 0 bridgehead atoms. The third-order valence-electron chi connectivity index (χ3n) is 8.72. The van der Waals surface area contributed by atoms with Crippen LogP contribution < -0.4 is 9.80 Å². The van der Waals surface area contributed by atoms with E-state index < -0.39 is 0 Å². The van der Waals surface area contributed by atoms with E-state index in [1.807, 2.05) is 12.4 Å². The van der Waals surface area contributed by atoms with Gasteiger partial charge in [0.05, 0.1) is 0 Å². The van der Waals surface area contributed by atoms with Crippen molar-refractivity contribution >= 4 is 23.0 Å². The van der Waals surface area contributed by atoms with Gasteiger partial charge in [0.15, 0.2) is 11.6 Å². The number of fused-ring (bicyclic) bond motifs is 5. The van der Waals surface area contributed by atoms with Gasteiger partial charge in [-0.25, -0.2) is 9.97 Å². The molecule has 0 fully saturated rings. The summed E-state index contributed by atoms with van der Waals surface area (Å²) in [5.41, 5.74) is 11.8. The van der Waals surface area contributed by atoms with Crippen LogP contribution in [-0.2, 0) is 5.41 Å². The zero-order valence-corrected chi connectivity index (χ0v) is 22.8. The fraction of sp³-hybridized carbons (Fsp3) is 0.333. The summed E-state index contributed by atoms with van der Waals surface area (Å²) in [6.07, 6.45) is 6.99. The van der Waals surface area contributed by atoms with E-state index in [1.54, 1.807) is 0 Å². The van der Waals surface area contributed by atoms with E-state index >= 15 is 0 Å². The number of hydrogen-bond acceptors (Lipinski definition) is 4. The van der Waals surface area contributed by atoms with Crippen molar-refractivity contribution < 1.29 is 0 Å². The third kappa shape index (κ3) is 3.57. The third-order valence-corrected chi connectivity index (χ3v) is 8.72. The van der Waals surface area contributed by atoms with Crippen LogP contribution in [0.15, 0.2) is 67.0 Å². The lowest BCUT2D eigenvalue weighted by atomic mass is 9.68. The lowest BCUT2D eigenvalue weighted by molar-refractivity contribution is 0.322. The van der Waals surface area contributed by atoms with Crippen LogP contribution in [0.4, 0.5) is 23.0 Å². The van der Waals surface area contributed by atoms with Gasteiger partial charge in [-0.05, 0) is 110 Å². The Kier molecular flexibility index (Phi) is 5.59. The Morgan fingerprint density at radius 3 is 2.03 bits per heavy atom. The highest BCUT2D eigenvalue weighted by Gasteiger charge is 2.50. The molecule has 4 heteroatoms. The van der Waals surface area contributed by atoms with Gasteiger partial charge in [0, 0.05) is 29.2 Å². The second kappa shape index (κ2) is 8.72. The number of aromatic nitrogens is 2. The Hall–Kier alpha value is -3.66. The molecule has 0 saturated heterocycles. The standard InChI is InChI=1S/C33H36N4/c1-7-33(8-2)20-29-36(26-17-21(3)16-22(4)18-26)31-32(35-15-14-34-31)37(29)28-13-12-25(19-27(28)33)30-23(5)10-9-11-24(30)6/h9-19,29H,7-8,20H2,1-6H3. The van der Waals surface area contributed by atoms with E-state index in [0.29, 0.717) is 0 Å². The largest absolute Gasteiger partial charge is 0.302 e. The van der Waals surface area contributed by atoms with Gasteiger partial charge in [0.25, 0.3) is 0 Å². The maximum absolute atomic E-state index is 4.89. The predicted octanol–water partition coefficient (Wildman–Crippen LogP) is 8.45. The maximum atomic E-state index is 4.89. The van der Waals surface area contributed by atoms with Crippen molar-refractivity contribution in [1.29, 1.82) is 0 Å². The lowest BCUT2D eigenvalue weighted by Crippen LogP contribution is -2.48. The number of benzene rings is 3. The topological polar surface area (TPSA) is 32.3 Å². The smallest absolute Gasteiger partial charge is 0.178 e. The van der Waals surface area contributed by atoms with Crippen molar-refractivity contribution in [2.24, 2.45) is 0 Å². The van der Waals surface area contributed by atoms with Crippen molar-refractivity contribution in [2.75, 3.05) is 9.80 Å². The molecule has 0 aliphatic carbocycles. The molecule has 3 aromatic carbocycles. The summed E-state index contributed by atoms with van der Waals surface area (Å²) >= 11 is 0. The number of hydrogen-bond donors (Lipinski definition) is 0. The van der Waals surface area contributed by atoms with Gasteiger partial charge >= 0.3 is 0 Å². The van der Waals surface area contributed by atoms with E-state index in [4.69, 9.17) is 9.97 Å². The molecule has 188 valence electrons. The van der Waals surface area contributed by atoms with Crippen molar-refractivity contribution in [1.82, 2.24) is 9.97 Å². The molecule has 3 heterocycles. The minimum absolute atomic E-state index is 0.0717. The van der Waals surface area contributed by atoms with Crippen LogP contribution in [0, 0.1) is 27.7 Å². The Labute approximate surface area is 221 Å². The van der Waals surface area contributed by atoms with E-state index in [1.165, 1.54) is 50.3 Å². The molecule has 1 aromatic heterocycles. The average molecular weight is 489 g/mol. The molecule has 6 rings (SSSR count). The first kappa shape index (κ1) is 23.7. The van der Waals surface area contributed by atoms with Gasteiger partial charge in [0.1, 0.15) is 6.17 Å². The predicted molar refractivity (Wildman–Crippen MR) is 154 cm³/mol. The summed E-state index contributed by atoms with van der Waals surface area (Å²) in [5, 5.41) is 0. The molecule has 1 atom stereocenters. The van der Waals surface area contributed by atoms with Gasteiger partial charge in [-0.3, -0.25) is 0 Å². The van der Waals surface area contributed by atoms with Gasteiger partial charge in [-0.1, -0.05) is 44.2 Å². The second-order valence-electron chi connectivity index (χ2n) is 11.0. The molecule has 4 nitrogen and oxygen atoms in total. The number of nitrogens with zero attached hydrogens (tertiary/aromatic N) is 4. The van der Waals surface area contributed by atoms with Crippen LogP contribution >= 0.6 is 0 Å². The zero-order chi connectivity index (χ0) is 25.9. The molecular weight excluding hydrogens is 452 g/mol. The zero-order valence-electron chi connectivity index (χ0n) is 22.8. The van der Waals surface area contributed by atoms with Crippen molar-refractivity contribution in [2.45, 2.75) is 72.4 Å². The molecule has 0 amide bonds. The van der Waals surface area contributed by atoms with Crippen LogP contribution in [-0.4, -0.2) is 16.1 Å². The molecule has 0 radical (unpaired) electrons. The van der Waals surface area contributed by atoms with Crippen molar-refractivity contribution in [3.05, 3.63) is 94.8 Å². The Bertz CT molecular complexity index is 1460. The van der Waals surface area contributed by atoms with Crippen LogP contribution in [0.2, 0.25) is 0 Å². The van der Waals surface area contributed by atoms with E-state index in [9.17, 15) is 0 Å². The molecule has 1 unspecified atom stereocenters. The lowest BCUT2D eigenvalue weighted by Gasteiger charge is -2.47. The number of anilines is 4. The summed E-state index contributed by atoms with van der Waals surface area (Å²) in [6.45, 7) is 13.5. The Morgan fingerprint density at radius 1 is 0.784 bits per heavy atom. The number of aryl methyl sites for hydroxylation is 4. The van der Waals surface area contributed by atoms with Gasteiger partial charge in [-0.15, -0.1) is 0 Å². The van der Waals surface area contributed by atoms with Crippen LogP contribution in [0.25, 0.3) is 11.1 Å². The summed E-state index contributed by atoms with van der Waals surface area (Å²) in [4.78, 5) is 14.7. The molecule has 2 aliphatic rings. The highest BCUT2D eigenvalue weighted by Crippen LogP contribution is 2.56. The molecule has 0 saturated carbocycles. The molecule has 37 heavy (non-hydrogen) atoms. The first-order valence-electron chi connectivity index (χ1n) is 13.6. The van der Waals surface area contributed by atoms with Gasteiger partial charge < -0.3 is 9.80 Å². The van der Waals surface area contributed by atoms with Crippen molar-refractivity contribution in [3.8, 4) is 11.1 Å². The molecule has 0 spiro atoms. The first-order valence-corrected chi connectivity index (χ1v) is 13.6. The fourth-order valence-corrected chi connectivity index (χ4v) is 6.88. The van der Waals surface area contributed by atoms with Crippen LogP contribution in [0.5, 0.6) is 0 Å². The molecule has 0 N–H and O–H groups in total. The SMILES string of the molecule is CCC1(CC)CC2N(c3cc(C)cc(C)c3)c3nccnc3N2c2ccc(-c3c(C)cccc3C)cc21. The summed E-state index contributed by atoms with van der Waals surface area (Å²) in [6, 6.07) is 20.5. The molecule has 2 aliphatic heterocycles. The van der Waals surface area contributed by atoms with E-state index in [2.05, 4.69) is 106 Å². The summed E-state index contributed by atoms with van der Waals surface area (Å²) < 4.78 is 0. The monoisotopic (exact) mass is 488 g/mol. The molecular formula is C33H36N4. The minimum atomic E-state index is 0.0717. The summed E-state index contributed by atoms with van der Waals surface area (Å²) in [7, 11) is 0. The van der Waals surface area contributed by atoms with Crippen LogP contribution in [0.3, 0.4) is 0 Å². The van der Waals surface area contributed by atoms with Gasteiger partial charge in [0.2, 0.25) is 0 Å². The van der Waals surface area contributed by atoms with Crippen LogP contribution in [0.1, 0.15) is 60.9 Å². The first-order chi connectivity index (χ1) is 17.9.